The lowest BCUT2D eigenvalue weighted by atomic mass is 10.0. The highest BCUT2D eigenvalue weighted by atomic mass is 32.2. The second-order valence-electron chi connectivity index (χ2n) is 5.73. The molecule has 0 bridgehead atoms. The lowest BCUT2D eigenvalue weighted by molar-refractivity contribution is 0.240. The third kappa shape index (κ3) is 4.88. The van der Waals surface area contributed by atoms with Gasteiger partial charge in [0, 0.05) is 36.3 Å². The number of hydrogen-bond donors (Lipinski definition) is 1. The predicted molar refractivity (Wildman–Crippen MR) is 90.7 cm³/mol. The third-order valence-corrected chi connectivity index (χ3v) is 4.55. The van der Waals surface area contributed by atoms with Crippen LogP contribution in [0.2, 0.25) is 0 Å². The van der Waals surface area contributed by atoms with E-state index in [0.717, 1.165) is 6.54 Å². The summed E-state index contributed by atoms with van der Waals surface area (Å²) in [6, 6.07) is 9.40. The van der Waals surface area contributed by atoms with Crippen molar-refractivity contribution in [3.63, 3.8) is 0 Å². The van der Waals surface area contributed by atoms with Crippen LogP contribution >= 0.6 is 11.8 Å². The quantitative estimate of drug-likeness (QED) is 0.644. The Balaban J connectivity index is 1.77. The second kappa shape index (κ2) is 7.75. The summed E-state index contributed by atoms with van der Waals surface area (Å²) in [5.41, 5.74) is 2.67. The smallest absolute Gasteiger partial charge is 0.0343 e. The van der Waals surface area contributed by atoms with Gasteiger partial charge >= 0.3 is 0 Å². The van der Waals surface area contributed by atoms with Crippen molar-refractivity contribution in [1.82, 2.24) is 4.90 Å². The monoisotopic (exact) mass is 290 g/mol. The first-order valence-electron chi connectivity index (χ1n) is 7.43. The highest BCUT2D eigenvalue weighted by Crippen LogP contribution is 2.20. The summed E-state index contributed by atoms with van der Waals surface area (Å²) in [7, 11) is 0. The van der Waals surface area contributed by atoms with E-state index in [4.69, 9.17) is 0 Å². The van der Waals surface area contributed by atoms with Crippen LogP contribution < -0.4 is 5.32 Å². The van der Waals surface area contributed by atoms with Crippen LogP contribution in [-0.2, 0) is 0 Å². The number of anilines is 1. The van der Waals surface area contributed by atoms with Crippen molar-refractivity contribution in [1.29, 1.82) is 0 Å². The molecule has 1 aromatic rings. The van der Waals surface area contributed by atoms with Crippen molar-refractivity contribution in [2.45, 2.75) is 37.6 Å². The van der Waals surface area contributed by atoms with Crippen LogP contribution in [0.1, 0.15) is 26.7 Å². The van der Waals surface area contributed by atoms with Crippen LogP contribution in [0.15, 0.2) is 40.8 Å². The maximum atomic E-state index is 3.67. The van der Waals surface area contributed by atoms with E-state index < -0.39 is 0 Å². The zero-order chi connectivity index (χ0) is 14.4. The Kier molecular flexibility index (Phi) is 5.99. The van der Waals surface area contributed by atoms with Gasteiger partial charge in [-0.3, -0.25) is 4.90 Å². The van der Waals surface area contributed by atoms with Crippen molar-refractivity contribution in [3.8, 4) is 0 Å². The van der Waals surface area contributed by atoms with Gasteiger partial charge < -0.3 is 5.32 Å². The molecule has 1 fully saturated rings. The van der Waals surface area contributed by atoms with Gasteiger partial charge in [-0.05, 0) is 57.2 Å². The van der Waals surface area contributed by atoms with Gasteiger partial charge in [0.2, 0.25) is 0 Å². The minimum absolute atomic E-state index is 0.623. The van der Waals surface area contributed by atoms with Crippen LogP contribution in [0.25, 0.3) is 0 Å². The van der Waals surface area contributed by atoms with Crippen molar-refractivity contribution in [2.24, 2.45) is 0 Å². The molecule has 20 heavy (non-hydrogen) atoms. The first-order valence-corrected chi connectivity index (χ1v) is 8.66. The lowest BCUT2D eigenvalue weighted by Gasteiger charge is -2.32. The average Bonchev–Trinajstić information content (AvgIpc) is 2.47. The van der Waals surface area contributed by atoms with Crippen molar-refractivity contribution in [2.75, 3.05) is 31.2 Å². The number of nitrogens with one attached hydrogen (secondary N) is 1. The number of benzene rings is 1. The zero-order valence-electron chi connectivity index (χ0n) is 12.9. The van der Waals surface area contributed by atoms with Crippen molar-refractivity contribution >= 4 is 17.4 Å². The van der Waals surface area contributed by atoms with Gasteiger partial charge in [-0.2, -0.15) is 0 Å². The van der Waals surface area contributed by atoms with Crippen LogP contribution in [0, 0.1) is 0 Å². The highest BCUT2D eigenvalue weighted by molar-refractivity contribution is 7.98. The van der Waals surface area contributed by atoms with E-state index in [9.17, 15) is 0 Å². The first kappa shape index (κ1) is 15.5. The molecule has 0 aromatic heterocycles. The molecular formula is C17H26N2S. The molecular weight excluding hydrogens is 264 g/mol. The first-order chi connectivity index (χ1) is 9.67. The molecule has 110 valence electrons. The topological polar surface area (TPSA) is 15.3 Å². The van der Waals surface area contributed by atoms with E-state index in [-0.39, 0.29) is 0 Å². The number of rotatable bonds is 5. The maximum absolute atomic E-state index is 3.67. The Labute approximate surface area is 127 Å². The molecule has 3 heteroatoms. The molecule has 2 nitrogen and oxygen atoms in total. The van der Waals surface area contributed by atoms with Crippen LogP contribution in [0.3, 0.4) is 0 Å². The molecule has 1 aliphatic rings. The Morgan fingerprint density at radius 2 is 1.90 bits per heavy atom. The zero-order valence-corrected chi connectivity index (χ0v) is 13.7. The van der Waals surface area contributed by atoms with Crippen molar-refractivity contribution in [3.05, 3.63) is 35.9 Å². The molecule has 1 saturated heterocycles. The molecule has 1 N–H and O–H groups in total. The summed E-state index contributed by atoms with van der Waals surface area (Å²) >= 11 is 1.79. The average molecular weight is 290 g/mol. The van der Waals surface area contributed by atoms with Gasteiger partial charge in [0.25, 0.3) is 0 Å². The van der Waals surface area contributed by atoms with Crippen LogP contribution in [0.5, 0.6) is 0 Å². The van der Waals surface area contributed by atoms with Gasteiger partial charge in [-0.1, -0.05) is 11.6 Å². The van der Waals surface area contributed by atoms with E-state index in [1.807, 2.05) is 0 Å². The molecule has 1 aliphatic heterocycles. The Morgan fingerprint density at radius 1 is 1.25 bits per heavy atom. The van der Waals surface area contributed by atoms with Gasteiger partial charge in [0.15, 0.2) is 0 Å². The van der Waals surface area contributed by atoms with E-state index in [1.54, 1.807) is 11.8 Å². The van der Waals surface area contributed by atoms with Gasteiger partial charge in [0.05, 0.1) is 0 Å². The summed E-state index contributed by atoms with van der Waals surface area (Å²) in [6.45, 7) is 7.85. The molecule has 1 aromatic carbocycles. The normalized spacial score (nSPS) is 16.9. The van der Waals surface area contributed by atoms with E-state index >= 15 is 0 Å². The van der Waals surface area contributed by atoms with Gasteiger partial charge in [-0.25, -0.2) is 0 Å². The van der Waals surface area contributed by atoms with Gasteiger partial charge in [-0.15, -0.1) is 11.8 Å². The summed E-state index contributed by atoms with van der Waals surface area (Å²) in [4.78, 5) is 3.87. The van der Waals surface area contributed by atoms with E-state index in [2.05, 4.69) is 60.7 Å². The number of thioether (sulfide) groups is 1. The van der Waals surface area contributed by atoms with Gasteiger partial charge in [0.1, 0.15) is 0 Å². The fourth-order valence-electron chi connectivity index (χ4n) is 2.49. The second-order valence-corrected chi connectivity index (χ2v) is 6.61. The predicted octanol–water partition coefficient (Wildman–Crippen LogP) is 4.25. The molecule has 0 spiro atoms. The summed E-state index contributed by atoms with van der Waals surface area (Å²) in [6.07, 6.45) is 6.92. The molecule has 0 atom stereocenters. The Morgan fingerprint density at radius 3 is 2.45 bits per heavy atom. The largest absolute Gasteiger partial charge is 0.382 e. The maximum Gasteiger partial charge on any atom is 0.0343 e. The minimum Gasteiger partial charge on any atom is -0.382 e. The Hall–Kier alpha value is -0.930. The number of allylic oxidation sites excluding steroid dienone is 1. The highest BCUT2D eigenvalue weighted by Gasteiger charge is 2.17. The summed E-state index contributed by atoms with van der Waals surface area (Å²) < 4.78 is 0. The molecule has 2 rings (SSSR count). The van der Waals surface area contributed by atoms with Crippen LogP contribution in [0.4, 0.5) is 5.69 Å². The Bertz CT molecular complexity index is 427. The molecule has 0 amide bonds. The minimum atomic E-state index is 0.623. The fourth-order valence-corrected chi connectivity index (χ4v) is 2.90. The van der Waals surface area contributed by atoms with E-state index in [0.29, 0.717) is 6.04 Å². The van der Waals surface area contributed by atoms with Crippen molar-refractivity contribution < 1.29 is 0 Å². The molecule has 0 radical (unpaired) electrons. The summed E-state index contributed by atoms with van der Waals surface area (Å²) in [5.74, 6) is 0. The molecule has 0 aliphatic carbocycles. The molecule has 0 unspecified atom stereocenters. The number of hydrogen-bond acceptors (Lipinski definition) is 3. The summed E-state index contributed by atoms with van der Waals surface area (Å²) in [5, 5.41) is 3.67. The molecule has 0 saturated carbocycles. The SMILES string of the molecule is CSc1ccc(NC2CCN(CC=C(C)C)CC2)cc1. The molecule has 1 heterocycles. The standard InChI is InChI=1S/C17H26N2S/c1-14(2)8-11-19-12-9-16(10-13-19)18-15-4-6-17(20-3)7-5-15/h4-8,16,18H,9-13H2,1-3H3. The fraction of sp³-hybridized carbons (Fsp3) is 0.529. The number of likely N-dealkylation sites (tertiary alicyclic amines) is 1. The van der Waals surface area contributed by atoms with Crippen LogP contribution in [-0.4, -0.2) is 36.8 Å². The number of nitrogens with zero attached hydrogens (tertiary/aromatic N) is 1. The number of piperidine rings is 1. The lowest BCUT2D eigenvalue weighted by Crippen LogP contribution is -2.39. The van der Waals surface area contributed by atoms with E-state index in [1.165, 1.54) is 42.1 Å². The third-order valence-electron chi connectivity index (χ3n) is 3.81.